The lowest BCUT2D eigenvalue weighted by Crippen LogP contribution is -2.24. The number of hydrogen-bond acceptors (Lipinski definition) is 4. The van der Waals surface area contributed by atoms with Gasteiger partial charge in [0.15, 0.2) is 5.76 Å². The van der Waals surface area contributed by atoms with Gasteiger partial charge in [0.25, 0.3) is 5.91 Å². The minimum absolute atomic E-state index is 0.0249. The molecule has 0 atom stereocenters. The third kappa shape index (κ3) is 9.34. The molecule has 0 saturated heterocycles. The van der Waals surface area contributed by atoms with Crippen LogP contribution in [0.15, 0.2) is 22.8 Å². The van der Waals surface area contributed by atoms with Crippen LogP contribution >= 0.6 is 0 Å². The smallest absolute Gasteiger partial charge is 0.303 e. The minimum atomic E-state index is -0.878. The molecule has 0 radical (unpaired) electrons. The van der Waals surface area contributed by atoms with Crippen molar-refractivity contribution < 1.29 is 23.9 Å². The molecule has 3 N–H and O–H groups in total. The number of carboxylic acids is 1. The van der Waals surface area contributed by atoms with Gasteiger partial charge in [0.1, 0.15) is 0 Å². The molecule has 23 heavy (non-hydrogen) atoms. The van der Waals surface area contributed by atoms with Crippen LogP contribution in [0.2, 0.25) is 0 Å². The first kappa shape index (κ1) is 18.7. The second-order valence-corrected chi connectivity index (χ2v) is 5.24. The largest absolute Gasteiger partial charge is 0.481 e. The van der Waals surface area contributed by atoms with Gasteiger partial charge in [-0.1, -0.05) is 12.8 Å². The molecule has 1 aromatic rings. The summed E-state index contributed by atoms with van der Waals surface area (Å²) < 4.78 is 4.98. The molecule has 1 aromatic heterocycles. The second kappa shape index (κ2) is 11.3. The third-order valence-electron chi connectivity index (χ3n) is 3.25. The predicted octanol–water partition coefficient (Wildman–Crippen LogP) is 1.94. The Labute approximate surface area is 135 Å². The number of furan rings is 1. The van der Waals surface area contributed by atoms with Crippen molar-refractivity contribution in [3.8, 4) is 0 Å². The molecule has 0 aliphatic heterocycles. The highest BCUT2D eigenvalue weighted by atomic mass is 16.4. The summed E-state index contributed by atoms with van der Waals surface area (Å²) in [5, 5.41) is 14.0. The van der Waals surface area contributed by atoms with E-state index >= 15 is 0 Å². The van der Waals surface area contributed by atoms with E-state index in [1.54, 1.807) is 12.1 Å². The van der Waals surface area contributed by atoms with Crippen LogP contribution in [-0.2, 0) is 9.59 Å². The molecule has 0 spiro atoms. The molecule has 7 heteroatoms. The van der Waals surface area contributed by atoms with E-state index in [2.05, 4.69) is 10.6 Å². The maximum absolute atomic E-state index is 11.6. The first-order valence-electron chi connectivity index (χ1n) is 7.90. The summed E-state index contributed by atoms with van der Waals surface area (Å²) in [6.45, 7) is 1.20. The summed E-state index contributed by atoms with van der Waals surface area (Å²) in [5.74, 6) is -0.867. The summed E-state index contributed by atoms with van der Waals surface area (Å²) in [4.78, 5) is 33.3. The summed E-state index contributed by atoms with van der Waals surface area (Å²) in [6.07, 6.45) is 5.79. The zero-order valence-electron chi connectivity index (χ0n) is 13.2. The Morgan fingerprint density at radius 1 is 0.957 bits per heavy atom. The van der Waals surface area contributed by atoms with Crippen molar-refractivity contribution in [2.24, 2.45) is 0 Å². The highest BCUT2D eigenvalue weighted by Gasteiger charge is 2.06. The Balaban J connectivity index is 1.89. The van der Waals surface area contributed by atoms with Crippen molar-refractivity contribution in [3.05, 3.63) is 24.2 Å². The molecule has 2 amide bonds. The molecule has 0 unspecified atom stereocenters. The molecule has 0 fully saturated rings. The fraction of sp³-hybridized carbons (Fsp3) is 0.562. The average molecular weight is 324 g/mol. The number of carbonyl (C=O) groups is 3. The molecule has 1 heterocycles. The Bertz CT molecular complexity index is 485. The number of carboxylic acid groups (broad SMARTS) is 1. The molecule has 1 rings (SSSR count). The van der Waals surface area contributed by atoms with Gasteiger partial charge >= 0.3 is 5.97 Å². The monoisotopic (exact) mass is 324 g/mol. The standard InChI is InChI=1S/C16H24N2O5/c19-14(8-5-9-15(20)21)17-10-3-1-2-4-11-18-16(22)13-7-6-12-23-13/h6-7,12H,1-5,8-11H2,(H,17,19)(H,18,22)(H,20,21). The first-order chi connectivity index (χ1) is 11.1. The summed E-state index contributed by atoms with van der Waals surface area (Å²) >= 11 is 0. The maximum atomic E-state index is 11.6. The van der Waals surface area contributed by atoms with Crippen molar-refractivity contribution in [1.29, 1.82) is 0 Å². The summed E-state index contributed by atoms with van der Waals surface area (Å²) in [7, 11) is 0. The highest BCUT2D eigenvalue weighted by Crippen LogP contribution is 2.01. The van der Waals surface area contributed by atoms with Crippen molar-refractivity contribution in [2.75, 3.05) is 13.1 Å². The van der Waals surface area contributed by atoms with Gasteiger partial charge in [-0.15, -0.1) is 0 Å². The Morgan fingerprint density at radius 2 is 1.65 bits per heavy atom. The van der Waals surface area contributed by atoms with Gasteiger partial charge in [0.2, 0.25) is 5.91 Å². The van der Waals surface area contributed by atoms with E-state index in [1.807, 2.05) is 0 Å². The highest BCUT2D eigenvalue weighted by molar-refractivity contribution is 5.91. The summed E-state index contributed by atoms with van der Waals surface area (Å²) in [5.41, 5.74) is 0. The summed E-state index contributed by atoms with van der Waals surface area (Å²) in [6, 6.07) is 3.29. The van der Waals surface area contributed by atoms with Crippen LogP contribution in [-0.4, -0.2) is 36.0 Å². The topological polar surface area (TPSA) is 109 Å². The number of amides is 2. The number of nitrogens with one attached hydrogen (secondary N) is 2. The lowest BCUT2D eigenvalue weighted by atomic mass is 10.2. The quantitative estimate of drug-likeness (QED) is 0.509. The van der Waals surface area contributed by atoms with Crippen LogP contribution in [0.5, 0.6) is 0 Å². The minimum Gasteiger partial charge on any atom is -0.481 e. The first-order valence-corrected chi connectivity index (χ1v) is 7.90. The van der Waals surface area contributed by atoms with E-state index in [1.165, 1.54) is 6.26 Å². The third-order valence-corrected chi connectivity index (χ3v) is 3.25. The van der Waals surface area contributed by atoms with Gasteiger partial charge in [-0.3, -0.25) is 14.4 Å². The predicted molar refractivity (Wildman–Crippen MR) is 84.0 cm³/mol. The maximum Gasteiger partial charge on any atom is 0.303 e. The molecule has 7 nitrogen and oxygen atoms in total. The van der Waals surface area contributed by atoms with E-state index in [4.69, 9.17) is 9.52 Å². The SMILES string of the molecule is O=C(O)CCCC(=O)NCCCCCCNC(=O)c1ccco1. The van der Waals surface area contributed by atoms with Gasteiger partial charge in [0, 0.05) is 25.9 Å². The zero-order chi connectivity index (χ0) is 16.9. The second-order valence-electron chi connectivity index (χ2n) is 5.24. The van der Waals surface area contributed by atoms with Crippen molar-refractivity contribution in [3.63, 3.8) is 0 Å². The molecular formula is C16H24N2O5. The lowest BCUT2D eigenvalue weighted by Gasteiger charge is -2.05. The van der Waals surface area contributed by atoms with Gasteiger partial charge in [0.05, 0.1) is 6.26 Å². The number of carbonyl (C=O) groups excluding carboxylic acids is 2. The van der Waals surface area contributed by atoms with Crippen LogP contribution in [0.3, 0.4) is 0 Å². The molecule has 0 aliphatic carbocycles. The normalized spacial score (nSPS) is 10.3. The van der Waals surface area contributed by atoms with Crippen LogP contribution in [0.1, 0.15) is 55.5 Å². The van der Waals surface area contributed by atoms with Gasteiger partial charge in [-0.25, -0.2) is 0 Å². The number of aliphatic carboxylic acids is 1. The zero-order valence-corrected chi connectivity index (χ0v) is 13.2. The molecule has 128 valence electrons. The van der Waals surface area contributed by atoms with E-state index in [0.717, 1.165) is 25.7 Å². The lowest BCUT2D eigenvalue weighted by molar-refractivity contribution is -0.137. The number of hydrogen-bond donors (Lipinski definition) is 3. The van der Waals surface area contributed by atoms with Gasteiger partial charge in [-0.05, 0) is 31.4 Å². The molecule has 0 aromatic carbocycles. The molecule has 0 bridgehead atoms. The van der Waals surface area contributed by atoms with Crippen molar-refractivity contribution in [1.82, 2.24) is 10.6 Å². The molecular weight excluding hydrogens is 300 g/mol. The number of unbranched alkanes of at least 4 members (excludes halogenated alkanes) is 3. The van der Waals surface area contributed by atoms with E-state index in [0.29, 0.717) is 25.3 Å². The fourth-order valence-corrected chi connectivity index (χ4v) is 2.02. The Hall–Kier alpha value is -2.31. The average Bonchev–Trinajstić information content (AvgIpc) is 3.03. The van der Waals surface area contributed by atoms with Crippen LogP contribution in [0, 0.1) is 0 Å². The van der Waals surface area contributed by atoms with Crippen LogP contribution in [0.25, 0.3) is 0 Å². The van der Waals surface area contributed by atoms with Gasteiger partial charge < -0.3 is 20.2 Å². The van der Waals surface area contributed by atoms with Crippen LogP contribution < -0.4 is 10.6 Å². The van der Waals surface area contributed by atoms with Crippen molar-refractivity contribution >= 4 is 17.8 Å². The molecule has 0 saturated carbocycles. The van der Waals surface area contributed by atoms with Crippen molar-refractivity contribution in [2.45, 2.75) is 44.9 Å². The van der Waals surface area contributed by atoms with E-state index < -0.39 is 5.97 Å². The number of rotatable bonds is 12. The Kier molecular flexibility index (Phi) is 9.19. The fourth-order valence-electron chi connectivity index (χ4n) is 2.02. The van der Waals surface area contributed by atoms with E-state index in [-0.39, 0.29) is 24.7 Å². The van der Waals surface area contributed by atoms with E-state index in [9.17, 15) is 14.4 Å². The Morgan fingerprint density at radius 3 is 2.26 bits per heavy atom. The molecule has 0 aliphatic rings. The van der Waals surface area contributed by atoms with Crippen LogP contribution in [0.4, 0.5) is 0 Å². The van der Waals surface area contributed by atoms with Gasteiger partial charge in [-0.2, -0.15) is 0 Å².